The molecular formula is C19H21N3O3S2. The number of nitrogens with zero attached hydrogens (tertiary/aromatic N) is 1. The first-order valence-electron chi connectivity index (χ1n) is 8.47. The Hall–Kier alpha value is -2.45. The third kappa shape index (κ3) is 4.64. The Bertz CT molecular complexity index is 1090. The van der Waals surface area contributed by atoms with Gasteiger partial charge in [-0.15, -0.1) is 0 Å². The molecule has 3 aromatic rings. The molecule has 2 N–H and O–H groups in total. The fourth-order valence-corrected chi connectivity index (χ4v) is 4.94. The van der Waals surface area contributed by atoms with E-state index in [9.17, 15) is 13.2 Å². The number of benzene rings is 2. The van der Waals surface area contributed by atoms with Gasteiger partial charge in [0, 0.05) is 6.42 Å². The van der Waals surface area contributed by atoms with Gasteiger partial charge < -0.3 is 0 Å². The van der Waals surface area contributed by atoms with E-state index >= 15 is 0 Å². The van der Waals surface area contributed by atoms with Gasteiger partial charge in [0.25, 0.3) is 0 Å². The predicted molar refractivity (Wildman–Crippen MR) is 109 cm³/mol. The standard InChI is InChI=1S/C19H21N3O3S2/c1-12-4-6-15(7-5-12)27(24,25)9-8-17(23)21-22-19-20-18-14(3)10-13(2)11-16(18)26-19/h4-7,10-11H,8-9H2,1-3H3,(H,20,22)(H,21,23). The summed E-state index contributed by atoms with van der Waals surface area (Å²) < 4.78 is 25.6. The lowest BCUT2D eigenvalue weighted by atomic mass is 10.1. The Morgan fingerprint density at radius 3 is 2.48 bits per heavy atom. The fraction of sp³-hybridized carbons (Fsp3) is 0.263. The maximum Gasteiger partial charge on any atom is 0.239 e. The molecule has 2 aromatic carbocycles. The molecular weight excluding hydrogens is 382 g/mol. The van der Waals surface area contributed by atoms with E-state index in [-0.39, 0.29) is 17.1 Å². The number of nitrogens with one attached hydrogen (secondary N) is 2. The summed E-state index contributed by atoms with van der Waals surface area (Å²) in [5.74, 6) is -0.653. The average Bonchev–Trinajstić information content (AvgIpc) is 3.02. The third-order valence-corrected chi connectivity index (χ3v) is 6.77. The van der Waals surface area contributed by atoms with Gasteiger partial charge in [0.05, 0.1) is 20.9 Å². The van der Waals surface area contributed by atoms with E-state index in [0.29, 0.717) is 5.13 Å². The summed E-state index contributed by atoms with van der Waals surface area (Å²) in [5, 5.41) is 0.563. The highest BCUT2D eigenvalue weighted by atomic mass is 32.2. The Morgan fingerprint density at radius 1 is 1.07 bits per heavy atom. The molecule has 8 heteroatoms. The van der Waals surface area contributed by atoms with Crippen molar-refractivity contribution >= 4 is 42.4 Å². The molecule has 0 saturated carbocycles. The van der Waals surface area contributed by atoms with Gasteiger partial charge in [-0.25, -0.2) is 13.4 Å². The number of hydrogen-bond acceptors (Lipinski definition) is 6. The Morgan fingerprint density at radius 2 is 1.78 bits per heavy atom. The van der Waals surface area contributed by atoms with Crippen LogP contribution < -0.4 is 10.9 Å². The molecule has 0 fully saturated rings. The van der Waals surface area contributed by atoms with Gasteiger partial charge in [-0.2, -0.15) is 0 Å². The molecule has 0 atom stereocenters. The second-order valence-electron chi connectivity index (χ2n) is 6.50. The summed E-state index contributed by atoms with van der Waals surface area (Å²) in [6.07, 6.45) is -0.133. The topological polar surface area (TPSA) is 88.2 Å². The van der Waals surface area contributed by atoms with Crippen molar-refractivity contribution < 1.29 is 13.2 Å². The fourth-order valence-electron chi connectivity index (χ4n) is 2.70. The second kappa shape index (κ2) is 7.66. The highest BCUT2D eigenvalue weighted by Crippen LogP contribution is 2.28. The summed E-state index contributed by atoms with van der Waals surface area (Å²) in [6, 6.07) is 10.7. The van der Waals surface area contributed by atoms with Crippen LogP contribution in [-0.2, 0) is 14.6 Å². The number of amides is 1. The van der Waals surface area contributed by atoms with Gasteiger partial charge in [-0.1, -0.05) is 35.1 Å². The van der Waals surface area contributed by atoms with Crippen molar-refractivity contribution in [2.75, 3.05) is 11.2 Å². The molecule has 1 heterocycles. The maximum atomic E-state index is 12.3. The van der Waals surface area contributed by atoms with Crippen LogP contribution in [0.1, 0.15) is 23.1 Å². The van der Waals surface area contributed by atoms with Crippen molar-refractivity contribution in [3.05, 3.63) is 53.1 Å². The summed E-state index contributed by atoms with van der Waals surface area (Å²) >= 11 is 1.43. The predicted octanol–water partition coefficient (Wildman–Crippen LogP) is 3.53. The minimum Gasteiger partial charge on any atom is -0.273 e. The SMILES string of the molecule is Cc1ccc(S(=O)(=O)CCC(=O)NNc2nc3c(C)cc(C)cc3s2)cc1. The van der Waals surface area contributed by atoms with Gasteiger partial charge in [-0.3, -0.25) is 15.6 Å². The second-order valence-corrected chi connectivity index (χ2v) is 9.64. The third-order valence-electron chi connectivity index (χ3n) is 4.12. The molecule has 0 saturated heterocycles. The van der Waals surface area contributed by atoms with Gasteiger partial charge in [-0.05, 0) is 50.1 Å². The number of anilines is 1. The molecule has 0 aliphatic carbocycles. The lowest BCUT2D eigenvalue weighted by Crippen LogP contribution is -2.30. The van der Waals surface area contributed by atoms with E-state index in [1.54, 1.807) is 24.3 Å². The van der Waals surface area contributed by atoms with E-state index < -0.39 is 15.7 Å². The van der Waals surface area contributed by atoms with Crippen LogP contribution in [0.15, 0.2) is 41.3 Å². The Kier molecular flexibility index (Phi) is 5.48. The molecule has 1 aromatic heterocycles. The van der Waals surface area contributed by atoms with Crippen LogP contribution in [0, 0.1) is 20.8 Å². The van der Waals surface area contributed by atoms with Gasteiger partial charge in [0.2, 0.25) is 11.0 Å². The molecule has 6 nitrogen and oxygen atoms in total. The summed E-state index contributed by atoms with van der Waals surface area (Å²) in [5.41, 5.74) is 9.40. The van der Waals surface area contributed by atoms with Gasteiger partial charge >= 0.3 is 0 Å². The first-order chi connectivity index (χ1) is 12.7. The van der Waals surface area contributed by atoms with Crippen LogP contribution in [0.4, 0.5) is 5.13 Å². The van der Waals surface area contributed by atoms with Crippen LogP contribution in [0.25, 0.3) is 10.2 Å². The van der Waals surface area contributed by atoms with Crippen molar-refractivity contribution in [1.82, 2.24) is 10.4 Å². The molecule has 0 aliphatic heterocycles. The van der Waals surface area contributed by atoms with Crippen molar-refractivity contribution in [3.8, 4) is 0 Å². The number of thiazole rings is 1. The minimum absolute atomic E-state index is 0.133. The van der Waals surface area contributed by atoms with E-state index in [4.69, 9.17) is 0 Å². The van der Waals surface area contributed by atoms with Crippen LogP contribution >= 0.6 is 11.3 Å². The van der Waals surface area contributed by atoms with E-state index in [1.807, 2.05) is 26.8 Å². The van der Waals surface area contributed by atoms with E-state index in [1.165, 1.54) is 11.3 Å². The molecule has 0 unspecified atom stereocenters. The smallest absolute Gasteiger partial charge is 0.239 e. The average molecular weight is 404 g/mol. The number of aromatic nitrogens is 1. The normalized spacial score (nSPS) is 11.5. The van der Waals surface area contributed by atoms with Crippen LogP contribution in [0.2, 0.25) is 0 Å². The first-order valence-corrected chi connectivity index (χ1v) is 10.9. The zero-order valence-corrected chi connectivity index (χ0v) is 17.0. The number of fused-ring (bicyclic) bond motifs is 1. The number of carbonyl (C=O) groups is 1. The number of hydrazine groups is 1. The molecule has 0 bridgehead atoms. The summed E-state index contributed by atoms with van der Waals surface area (Å²) in [7, 11) is -3.49. The van der Waals surface area contributed by atoms with Crippen molar-refractivity contribution in [2.45, 2.75) is 32.1 Å². The number of carbonyl (C=O) groups excluding carboxylic acids is 1. The Labute approximate surface area is 162 Å². The van der Waals surface area contributed by atoms with Gasteiger partial charge in [0.15, 0.2) is 9.84 Å². The molecule has 0 radical (unpaired) electrons. The van der Waals surface area contributed by atoms with E-state index in [2.05, 4.69) is 21.9 Å². The highest BCUT2D eigenvalue weighted by Gasteiger charge is 2.16. The number of hydrogen-bond donors (Lipinski definition) is 2. The van der Waals surface area contributed by atoms with E-state index in [0.717, 1.165) is 26.9 Å². The number of sulfone groups is 1. The van der Waals surface area contributed by atoms with Crippen molar-refractivity contribution in [3.63, 3.8) is 0 Å². The zero-order chi connectivity index (χ0) is 19.6. The number of rotatable bonds is 6. The van der Waals surface area contributed by atoms with Crippen LogP contribution in [0.5, 0.6) is 0 Å². The van der Waals surface area contributed by atoms with Crippen molar-refractivity contribution in [2.24, 2.45) is 0 Å². The quantitative estimate of drug-likeness (QED) is 0.615. The lowest BCUT2D eigenvalue weighted by Gasteiger charge is -2.07. The Balaban J connectivity index is 1.58. The highest BCUT2D eigenvalue weighted by molar-refractivity contribution is 7.91. The number of aryl methyl sites for hydroxylation is 3. The molecule has 0 aliphatic rings. The van der Waals surface area contributed by atoms with Crippen LogP contribution in [-0.4, -0.2) is 25.1 Å². The molecule has 142 valence electrons. The molecule has 3 rings (SSSR count). The maximum absolute atomic E-state index is 12.3. The van der Waals surface area contributed by atoms with Crippen LogP contribution in [0.3, 0.4) is 0 Å². The molecule has 1 amide bonds. The van der Waals surface area contributed by atoms with Gasteiger partial charge in [0.1, 0.15) is 0 Å². The van der Waals surface area contributed by atoms with Crippen molar-refractivity contribution in [1.29, 1.82) is 0 Å². The zero-order valence-electron chi connectivity index (χ0n) is 15.4. The molecule has 27 heavy (non-hydrogen) atoms. The minimum atomic E-state index is -3.49. The molecule has 0 spiro atoms. The summed E-state index contributed by atoms with van der Waals surface area (Å²) in [6.45, 7) is 5.91. The lowest BCUT2D eigenvalue weighted by molar-refractivity contribution is -0.120. The summed E-state index contributed by atoms with van der Waals surface area (Å²) in [4.78, 5) is 16.7. The monoisotopic (exact) mass is 403 g/mol. The first kappa shape index (κ1) is 19.3. The largest absolute Gasteiger partial charge is 0.273 e.